The standard InChI is InChI=1S/C8H14N2O2.ClH/c9-5-3-7(12-4-5)8(11)10-6-1-2-6;/h5-7H,1-4,9H2,(H,10,11);1H/t5-,7-;/m1./s1. The Bertz CT molecular complexity index is 197. The molecule has 13 heavy (non-hydrogen) atoms. The van der Waals surface area contributed by atoms with Gasteiger partial charge >= 0.3 is 0 Å². The summed E-state index contributed by atoms with van der Waals surface area (Å²) in [7, 11) is 0. The average molecular weight is 207 g/mol. The molecule has 0 aromatic rings. The molecule has 5 heteroatoms. The monoisotopic (exact) mass is 206 g/mol. The van der Waals surface area contributed by atoms with Crippen LogP contribution in [0.3, 0.4) is 0 Å². The van der Waals surface area contributed by atoms with Crippen LogP contribution in [0.15, 0.2) is 0 Å². The molecule has 0 unspecified atom stereocenters. The Morgan fingerprint density at radius 2 is 2.15 bits per heavy atom. The Kier molecular flexibility index (Phi) is 3.53. The lowest BCUT2D eigenvalue weighted by Gasteiger charge is -2.08. The number of hydrogen-bond donors (Lipinski definition) is 2. The number of amides is 1. The molecule has 76 valence electrons. The van der Waals surface area contributed by atoms with Crippen molar-refractivity contribution in [3.63, 3.8) is 0 Å². The summed E-state index contributed by atoms with van der Waals surface area (Å²) in [6, 6.07) is 0.456. The van der Waals surface area contributed by atoms with Crippen LogP contribution in [0.1, 0.15) is 19.3 Å². The van der Waals surface area contributed by atoms with Crippen LogP contribution in [0, 0.1) is 0 Å². The summed E-state index contributed by atoms with van der Waals surface area (Å²) < 4.78 is 5.22. The molecule has 2 rings (SSSR count). The van der Waals surface area contributed by atoms with Crippen molar-refractivity contribution in [3.05, 3.63) is 0 Å². The summed E-state index contributed by atoms with van der Waals surface area (Å²) in [6.07, 6.45) is 2.61. The van der Waals surface area contributed by atoms with E-state index in [-0.39, 0.29) is 30.5 Å². The molecule has 1 amide bonds. The highest BCUT2D eigenvalue weighted by Gasteiger charge is 2.32. The fourth-order valence-electron chi connectivity index (χ4n) is 1.36. The Morgan fingerprint density at radius 1 is 1.46 bits per heavy atom. The predicted molar refractivity (Wildman–Crippen MR) is 50.7 cm³/mol. The lowest BCUT2D eigenvalue weighted by atomic mass is 10.2. The maximum atomic E-state index is 11.3. The van der Waals surface area contributed by atoms with Crippen molar-refractivity contribution in [2.45, 2.75) is 37.5 Å². The van der Waals surface area contributed by atoms with Gasteiger partial charge in [-0.1, -0.05) is 0 Å². The van der Waals surface area contributed by atoms with E-state index in [1.165, 1.54) is 0 Å². The molecule has 1 aliphatic carbocycles. The second-order valence-electron chi connectivity index (χ2n) is 3.60. The maximum absolute atomic E-state index is 11.3. The van der Waals surface area contributed by atoms with E-state index < -0.39 is 0 Å². The fraction of sp³-hybridized carbons (Fsp3) is 0.875. The Labute approximate surface area is 83.6 Å². The van der Waals surface area contributed by atoms with Gasteiger partial charge in [0.15, 0.2) is 0 Å². The largest absolute Gasteiger partial charge is 0.367 e. The molecule has 2 fully saturated rings. The number of rotatable bonds is 2. The minimum atomic E-state index is -0.291. The van der Waals surface area contributed by atoms with Crippen molar-refractivity contribution in [2.75, 3.05) is 6.61 Å². The minimum Gasteiger partial charge on any atom is -0.367 e. The van der Waals surface area contributed by atoms with Crippen LogP contribution in [0.2, 0.25) is 0 Å². The predicted octanol–water partition coefficient (Wildman–Crippen LogP) is -0.197. The van der Waals surface area contributed by atoms with E-state index in [0.29, 0.717) is 19.1 Å². The fourth-order valence-corrected chi connectivity index (χ4v) is 1.36. The van der Waals surface area contributed by atoms with Gasteiger partial charge in [-0.25, -0.2) is 0 Å². The number of carbonyl (C=O) groups is 1. The Balaban J connectivity index is 0.000000845. The topological polar surface area (TPSA) is 64.3 Å². The average Bonchev–Trinajstić information content (AvgIpc) is 2.72. The van der Waals surface area contributed by atoms with Crippen molar-refractivity contribution < 1.29 is 9.53 Å². The van der Waals surface area contributed by atoms with Crippen molar-refractivity contribution in [1.29, 1.82) is 0 Å². The molecular weight excluding hydrogens is 192 g/mol. The number of carbonyl (C=O) groups excluding carboxylic acids is 1. The molecule has 2 aliphatic rings. The van der Waals surface area contributed by atoms with Crippen LogP contribution in [0.5, 0.6) is 0 Å². The smallest absolute Gasteiger partial charge is 0.249 e. The number of hydrogen-bond acceptors (Lipinski definition) is 3. The van der Waals surface area contributed by atoms with Gasteiger partial charge in [-0.3, -0.25) is 4.79 Å². The zero-order valence-electron chi connectivity index (χ0n) is 7.36. The number of halogens is 1. The summed E-state index contributed by atoms with van der Waals surface area (Å²) in [6.45, 7) is 0.517. The third-order valence-corrected chi connectivity index (χ3v) is 2.24. The molecule has 0 aromatic heterocycles. The molecule has 3 N–H and O–H groups in total. The van der Waals surface area contributed by atoms with Gasteiger partial charge in [0.1, 0.15) is 6.10 Å². The molecule has 0 aromatic carbocycles. The van der Waals surface area contributed by atoms with Crippen molar-refractivity contribution in [2.24, 2.45) is 5.73 Å². The summed E-state index contributed by atoms with van der Waals surface area (Å²) in [5.74, 6) is 0.0189. The second kappa shape index (κ2) is 4.26. The van der Waals surface area contributed by atoms with Gasteiger partial charge in [0.2, 0.25) is 5.91 Å². The highest BCUT2D eigenvalue weighted by molar-refractivity contribution is 5.85. The molecule has 1 heterocycles. The maximum Gasteiger partial charge on any atom is 0.249 e. The molecule has 1 saturated heterocycles. The van der Waals surface area contributed by atoms with E-state index in [1.807, 2.05) is 0 Å². The first-order valence-electron chi connectivity index (χ1n) is 4.43. The van der Waals surface area contributed by atoms with Gasteiger partial charge in [0, 0.05) is 12.1 Å². The van der Waals surface area contributed by atoms with Crippen LogP contribution < -0.4 is 11.1 Å². The zero-order chi connectivity index (χ0) is 8.55. The molecule has 1 saturated carbocycles. The van der Waals surface area contributed by atoms with Crippen molar-refractivity contribution in [3.8, 4) is 0 Å². The highest BCUT2D eigenvalue weighted by atomic mass is 35.5. The van der Waals surface area contributed by atoms with E-state index in [9.17, 15) is 4.79 Å². The van der Waals surface area contributed by atoms with Gasteiger partial charge in [0.05, 0.1) is 6.61 Å². The first-order chi connectivity index (χ1) is 5.75. The summed E-state index contributed by atoms with van der Waals surface area (Å²) in [4.78, 5) is 11.3. The van der Waals surface area contributed by atoms with Gasteiger partial charge < -0.3 is 15.8 Å². The molecule has 0 radical (unpaired) electrons. The number of nitrogens with two attached hydrogens (primary N) is 1. The summed E-state index contributed by atoms with van der Waals surface area (Å²) in [5.41, 5.74) is 5.60. The summed E-state index contributed by atoms with van der Waals surface area (Å²) in [5, 5.41) is 2.90. The third-order valence-electron chi connectivity index (χ3n) is 2.24. The van der Waals surface area contributed by atoms with Crippen LogP contribution in [0.25, 0.3) is 0 Å². The lowest BCUT2D eigenvalue weighted by molar-refractivity contribution is -0.130. The van der Waals surface area contributed by atoms with Gasteiger partial charge in [-0.05, 0) is 19.3 Å². The van der Waals surface area contributed by atoms with Crippen molar-refractivity contribution in [1.82, 2.24) is 5.32 Å². The molecular formula is C8H15ClN2O2. The SMILES string of the molecule is Cl.N[C@H]1CO[C@@H](C(=O)NC2CC2)C1. The number of ether oxygens (including phenoxy) is 1. The Morgan fingerprint density at radius 3 is 2.62 bits per heavy atom. The molecule has 4 nitrogen and oxygen atoms in total. The Hall–Kier alpha value is -0.320. The van der Waals surface area contributed by atoms with Crippen LogP contribution >= 0.6 is 12.4 Å². The van der Waals surface area contributed by atoms with E-state index in [0.717, 1.165) is 12.8 Å². The molecule has 0 spiro atoms. The van der Waals surface area contributed by atoms with E-state index >= 15 is 0 Å². The van der Waals surface area contributed by atoms with Gasteiger partial charge in [-0.15, -0.1) is 12.4 Å². The molecule has 2 atom stereocenters. The minimum absolute atomic E-state index is 0. The second-order valence-corrected chi connectivity index (χ2v) is 3.60. The first kappa shape index (κ1) is 10.8. The van der Waals surface area contributed by atoms with Crippen LogP contribution in [-0.2, 0) is 9.53 Å². The quantitative estimate of drug-likeness (QED) is 0.658. The molecule has 1 aliphatic heterocycles. The van der Waals surface area contributed by atoms with E-state index in [4.69, 9.17) is 10.5 Å². The van der Waals surface area contributed by atoms with E-state index in [1.54, 1.807) is 0 Å². The van der Waals surface area contributed by atoms with Crippen molar-refractivity contribution >= 4 is 18.3 Å². The van der Waals surface area contributed by atoms with Crippen LogP contribution in [0.4, 0.5) is 0 Å². The summed E-state index contributed by atoms with van der Waals surface area (Å²) >= 11 is 0. The number of nitrogens with one attached hydrogen (secondary N) is 1. The third kappa shape index (κ3) is 2.83. The van der Waals surface area contributed by atoms with Gasteiger partial charge in [0.25, 0.3) is 0 Å². The zero-order valence-corrected chi connectivity index (χ0v) is 8.18. The van der Waals surface area contributed by atoms with Crippen LogP contribution in [-0.4, -0.2) is 30.7 Å². The first-order valence-corrected chi connectivity index (χ1v) is 4.43. The van der Waals surface area contributed by atoms with E-state index in [2.05, 4.69) is 5.32 Å². The lowest BCUT2D eigenvalue weighted by Crippen LogP contribution is -2.36. The highest BCUT2D eigenvalue weighted by Crippen LogP contribution is 2.20. The van der Waals surface area contributed by atoms with Gasteiger partial charge in [-0.2, -0.15) is 0 Å². The normalized spacial score (nSPS) is 32.4. The molecule has 0 bridgehead atoms.